The number of rotatable bonds is 7. The minimum atomic E-state index is -1.77. The van der Waals surface area contributed by atoms with Crippen LogP contribution in [0.25, 0.3) is 22.3 Å². The smallest absolute Gasteiger partial charge is 0.229 e. The van der Waals surface area contributed by atoms with Crippen LogP contribution in [0.5, 0.6) is 23.0 Å². The van der Waals surface area contributed by atoms with Gasteiger partial charge in [-0.1, -0.05) is 0 Å². The molecular formula is C28H32O15. The molecule has 0 saturated carbocycles. The first-order valence-corrected chi connectivity index (χ1v) is 13.3. The number of hydrogen-bond donors (Lipinski definition) is 8. The lowest BCUT2D eigenvalue weighted by Gasteiger charge is -2.45. The van der Waals surface area contributed by atoms with Gasteiger partial charge in [-0.25, -0.2) is 0 Å². The molecule has 3 heterocycles. The molecule has 3 aromatic rings. The molecule has 2 aromatic carbocycles. The Labute approximate surface area is 243 Å². The number of benzene rings is 2. The largest absolute Gasteiger partial charge is 0.507 e. The van der Waals surface area contributed by atoms with Crippen molar-refractivity contribution in [1.29, 1.82) is 0 Å². The van der Waals surface area contributed by atoms with Gasteiger partial charge in [-0.3, -0.25) is 4.79 Å². The highest BCUT2D eigenvalue weighted by molar-refractivity contribution is 5.86. The van der Waals surface area contributed by atoms with Crippen LogP contribution in [0.1, 0.15) is 6.92 Å². The highest BCUT2D eigenvalue weighted by Crippen LogP contribution is 2.36. The zero-order chi connectivity index (χ0) is 31.2. The van der Waals surface area contributed by atoms with Crippen LogP contribution in [0, 0.1) is 0 Å². The van der Waals surface area contributed by atoms with Gasteiger partial charge in [-0.15, -0.1) is 0 Å². The van der Waals surface area contributed by atoms with E-state index in [-0.39, 0.29) is 34.0 Å². The van der Waals surface area contributed by atoms with Crippen molar-refractivity contribution < 1.29 is 69.0 Å². The Morgan fingerprint density at radius 2 is 1.58 bits per heavy atom. The average molecular weight is 609 g/mol. The number of aromatic hydroxyl groups is 2. The van der Waals surface area contributed by atoms with Gasteiger partial charge in [0.2, 0.25) is 6.29 Å². The summed E-state index contributed by atoms with van der Waals surface area (Å²) in [6, 6.07) is 7.77. The molecule has 0 radical (unpaired) electrons. The summed E-state index contributed by atoms with van der Waals surface area (Å²) in [7, 11) is 1.38. The van der Waals surface area contributed by atoms with E-state index in [0.29, 0.717) is 5.56 Å². The first-order valence-electron chi connectivity index (χ1n) is 13.3. The molecular weight excluding hydrogens is 576 g/mol. The van der Waals surface area contributed by atoms with Gasteiger partial charge in [-0.2, -0.15) is 0 Å². The monoisotopic (exact) mass is 608 g/mol. The summed E-state index contributed by atoms with van der Waals surface area (Å²) in [6.45, 7) is 0.687. The summed E-state index contributed by atoms with van der Waals surface area (Å²) in [6.07, 6.45) is -15.4. The fraction of sp³-hybridized carbons (Fsp3) is 0.464. The lowest BCUT2D eigenvalue weighted by molar-refractivity contribution is -0.354. The van der Waals surface area contributed by atoms with Gasteiger partial charge in [0.15, 0.2) is 29.3 Å². The van der Waals surface area contributed by atoms with Crippen LogP contribution in [-0.4, -0.2) is 116 Å². The highest BCUT2D eigenvalue weighted by atomic mass is 16.8. The summed E-state index contributed by atoms with van der Waals surface area (Å²) >= 11 is 0. The maximum absolute atomic E-state index is 12.9. The van der Waals surface area contributed by atoms with Crippen LogP contribution in [0.3, 0.4) is 0 Å². The number of phenolic OH excluding ortho intramolecular Hbond substituents is 2. The van der Waals surface area contributed by atoms with E-state index < -0.39 is 79.2 Å². The number of methoxy groups -OCH3 is 1. The van der Waals surface area contributed by atoms with E-state index in [9.17, 15) is 45.6 Å². The second-order valence-electron chi connectivity index (χ2n) is 10.3. The molecule has 10 atom stereocenters. The van der Waals surface area contributed by atoms with E-state index in [1.54, 1.807) is 6.07 Å². The Hall–Kier alpha value is -3.51. The van der Waals surface area contributed by atoms with Crippen molar-refractivity contribution in [2.45, 2.75) is 68.3 Å². The first-order chi connectivity index (χ1) is 20.4. The summed E-state index contributed by atoms with van der Waals surface area (Å²) in [4.78, 5) is 12.9. The van der Waals surface area contributed by atoms with E-state index >= 15 is 0 Å². The van der Waals surface area contributed by atoms with Crippen LogP contribution in [0.15, 0.2) is 45.6 Å². The fourth-order valence-electron chi connectivity index (χ4n) is 5.01. The van der Waals surface area contributed by atoms with Crippen molar-refractivity contribution in [1.82, 2.24) is 0 Å². The molecule has 0 aliphatic carbocycles. The molecule has 2 fully saturated rings. The van der Waals surface area contributed by atoms with Gasteiger partial charge in [0, 0.05) is 23.8 Å². The zero-order valence-corrected chi connectivity index (χ0v) is 22.9. The van der Waals surface area contributed by atoms with Crippen LogP contribution in [-0.2, 0) is 14.2 Å². The van der Waals surface area contributed by atoms with Gasteiger partial charge in [0.25, 0.3) is 0 Å². The Balaban J connectivity index is 1.48. The van der Waals surface area contributed by atoms with Crippen molar-refractivity contribution in [2.24, 2.45) is 0 Å². The summed E-state index contributed by atoms with van der Waals surface area (Å²) in [5.41, 5.74) is -0.414. The third kappa shape index (κ3) is 5.86. The Kier molecular flexibility index (Phi) is 8.80. The van der Waals surface area contributed by atoms with Gasteiger partial charge < -0.3 is 69.0 Å². The van der Waals surface area contributed by atoms with E-state index in [0.717, 1.165) is 12.1 Å². The van der Waals surface area contributed by atoms with Crippen molar-refractivity contribution >= 4 is 11.0 Å². The summed E-state index contributed by atoms with van der Waals surface area (Å²) in [5, 5.41) is 82.2. The topological polar surface area (TPSA) is 238 Å². The molecule has 0 unspecified atom stereocenters. The normalized spacial score (nSPS) is 32.9. The van der Waals surface area contributed by atoms with Gasteiger partial charge >= 0.3 is 0 Å². The summed E-state index contributed by atoms with van der Waals surface area (Å²) in [5.74, 6) is -0.653. The lowest BCUT2D eigenvalue weighted by Crippen LogP contribution is -2.64. The molecule has 15 nitrogen and oxygen atoms in total. The number of fused-ring (bicyclic) bond motifs is 1. The standard InChI is InChI=1S/C28H32O15/c1-10-21(33)23(35)25(37)27(39-10)43-26-24(36)22(34)19(9-29)42-28(26)40-12-6-14(31)20-15(32)8-17(41-18(20)7-12)11-3-4-16(38-2)13(30)5-11/h3-8,10,19,21-31,33-37H,9H2,1-2H3/t10-,19+,21-,22+,23+,24-,25+,26+,27-,28+/m0/s1. The van der Waals surface area contributed by atoms with E-state index in [2.05, 4.69) is 0 Å². The average Bonchev–Trinajstić information content (AvgIpc) is 2.97. The molecule has 1 aromatic heterocycles. The molecule has 5 rings (SSSR count). The molecule has 2 saturated heterocycles. The Morgan fingerprint density at radius 1 is 0.837 bits per heavy atom. The Bertz CT molecular complexity index is 1510. The number of hydrogen-bond acceptors (Lipinski definition) is 15. The number of ether oxygens (including phenoxy) is 5. The lowest BCUT2D eigenvalue weighted by atomic mass is 9.97. The quantitative estimate of drug-likeness (QED) is 0.159. The minimum absolute atomic E-state index is 0.0410. The SMILES string of the molecule is COc1ccc(-c2cc(=O)c3c(O)cc(O[C@@H]4O[C@H](CO)[C@@H](O)[C@H](O)[C@H]4O[C@@H]4O[C@@H](C)[C@H](O)[C@@H](O)[C@H]4O)cc3o2)cc1O. The van der Waals surface area contributed by atoms with Gasteiger partial charge in [0.05, 0.1) is 19.8 Å². The molecule has 234 valence electrons. The summed E-state index contributed by atoms with van der Waals surface area (Å²) < 4.78 is 33.5. The molecule has 15 heteroatoms. The van der Waals surface area contributed by atoms with E-state index in [1.807, 2.05) is 0 Å². The van der Waals surface area contributed by atoms with E-state index in [1.165, 1.54) is 32.2 Å². The van der Waals surface area contributed by atoms with Crippen molar-refractivity contribution in [3.05, 3.63) is 46.6 Å². The van der Waals surface area contributed by atoms with Crippen molar-refractivity contribution in [3.8, 4) is 34.3 Å². The highest BCUT2D eigenvalue weighted by Gasteiger charge is 2.50. The second-order valence-corrected chi connectivity index (χ2v) is 10.3. The third-order valence-electron chi connectivity index (χ3n) is 7.42. The van der Waals surface area contributed by atoms with Crippen LogP contribution >= 0.6 is 0 Å². The molecule has 0 bridgehead atoms. The van der Waals surface area contributed by atoms with Crippen molar-refractivity contribution in [2.75, 3.05) is 13.7 Å². The number of aliphatic hydroxyl groups excluding tert-OH is 6. The molecule has 2 aliphatic heterocycles. The number of phenols is 2. The maximum atomic E-state index is 12.9. The predicted octanol–water partition coefficient (Wildman–Crippen LogP) is -1.09. The van der Waals surface area contributed by atoms with Gasteiger partial charge in [0.1, 0.15) is 64.9 Å². The third-order valence-corrected chi connectivity index (χ3v) is 7.42. The molecule has 43 heavy (non-hydrogen) atoms. The maximum Gasteiger partial charge on any atom is 0.229 e. The zero-order valence-electron chi connectivity index (χ0n) is 22.9. The van der Waals surface area contributed by atoms with Crippen LogP contribution in [0.4, 0.5) is 0 Å². The van der Waals surface area contributed by atoms with Crippen molar-refractivity contribution in [3.63, 3.8) is 0 Å². The second kappa shape index (κ2) is 12.2. The Morgan fingerprint density at radius 3 is 2.26 bits per heavy atom. The fourth-order valence-corrected chi connectivity index (χ4v) is 5.01. The van der Waals surface area contributed by atoms with Crippen LogP contribution < -0.4 is 14.9 Å². The van der Waals surface area contributed by atoms with Crippen LogP contribution in [0.2, 0.25) is 0 Å². The molecule has 8 N–H and O–H groups in total. The van der Waals surface area contributed by atoms with Gasteiger partial charge in [-0.05, 0) is 25.1 Å². The molecule has 0 amide bonds. The van der Waals surface area contributed by atoms with E-state index in [4.69, 9.17) is 28.1 Å². The predicted molar refractivity (Wildman–Crippen MR) is 143 cm³/mol. The first kappa shape index (κ1) is 30.9. The minimum Gasteiger partial charge on any atom is -0.507 e. The molecule has 0 spiro atoms. The number of aliphatic hydroxyl groups is 6. The molecule has 2 aliphatic rings.